The van der Waals surface area contributed by atoms with E-state index in [2.05, 4.69) is 11.6 Å². The average molecular weight is 884 g/mol. The molecular formula is C39H53N3O16S2. The molecule has 1 heterocycles. The molecule has 0 radical (unpaired) electrons. The van der Waals surface area contributed by atoms with Crippen LogP contribution in [-0.2, 0) is 58.0 Å². The topological polar surface area (TPSA) is 275 Å². The minimum atomic E-state index is -5.05. The molecule has 2 aromatic rings. The zero-order valence-corrected chi connectivity index (χ0v) is 35.0. The van der Waals surface area contributed by atoms with Crippen molar-refractivity contribution in [2.45, 2.75) is 23.1 Å². The fourth-order valence-electron chi connectivity index (χ4n) is 5.80. The first kappa shape index (κ1) is 48.6. The van der Waals surface area contributed by atoms with Crippen LogP contribution in [0.2, 0.25) is 0 Å². The number of hydrogen-bond acceptors (Lipinski definition) is 16. The number of fused-ring (bicyclic) bond motifs is 2. The molecule has 0 bridgehead atoms. The Labute approximate surface area is 348 Å². The molecule has 21 heteroatoms. The zero-order valence-electron chi connectivity index (χ0n) is 33.4. The SMILES string of the molecule is CCCOCCOCCOCCOCCOCCOCCOCCOCCNS(=O)(=O)c1c2oc3c(S(=O)(=O)O)c(N)ccc3c(-c3ccccc3C(=O)O)c-2ccc1=N. The molecule has 1 aliphatic carbocycles. The predicted molar refractivity (Wildman–Crippen MR) is 217 cm³/mol. The summed E-state index contributed by atoms with van der Waals surface area (Å²) in [5.74, 6) is -1.78. The third kappa shape index (κ3) is 14.5. The Bertz CT molecular complexity index is 2220. The predicted octanol–water partition coefficient (Wildman–Crippen LogP) is 3.03. The largest absolute Gasteiger partial charge is 0.478 e. The molecule has 2 aromatic carbocycles. The highest BCUT2D eigenvalue weighted by atomic mass is 32.2. The van der Waals surface area contributed by atoms with Gasteiger partial charge >= 0.3 is 5.97 Å². The van der Waals surface area contributed by atoms with Crippen molar-refractivity contribution in [1.29, 1.82) is 5.41 Å². The number of hydrogen-bond donors (Lipinski definition) is 5. The van der Waals surface area contributed by atoms with Crippen molar-refractivity contribution < 1.29 is 73.6 Å². The number of ether oxygens (including phenoxy) is 8. The van der Waals surface area contributed by atoms with E-state index in [-0.39, 0.29) is 54.0 Å². The maximum atomic E-state index is 13.7. The first-order valence-corrected chi connectivity index (χ1v) is 22.1. The van der Waals surface area contributed by atoms with E-state index in [0.717, 1.165) is 13.0 Å². The maximum Gasteiger partial charge on any atom is 0.336 e. The molecule has 0 fully saturated rings. The summed E-state index contributed by atoms with van der Waals surface area (Å²) >= 11 is 0. The molecule has 0 spiro atoms. The molecule has 19 nitrogen and oxygen atoms in total. The van der Waals surface area contributed by atoms with Crippen LogP contribution in [0.5, 0.6) is 0 Å². The normalized spacial score (nSPS) is 12.2. The van der Waals surface area contributed by atoms with E-state index in [1.54, 1.807) is 6.07 Å². The van der Waals surface area contributed by atoms with E-state index in [4.69, 9.17) is 53.5 Å². The lowest BCUT2D eigenvalue weighted by Gasteiger charge is -2.20. The molecular weight excluding hydrogens is 831 g/mol. The second-order valence-electron chi connectivity index (χ2n) is 12.8. The van der Waals surface area contributed by atoms with Crippen LogP contribution in [0.3, 0.4) is 0 Å². The number of anilines is 1. The molecule has 6 N–H and O–H groups in total. The summed E-state index contributed by atoms with van der Waals surface area (Å²) in [5.41, 5.74) is 5.01. The van der Waals surface area contributed by atoms with Crippen LogP contribution >= 0.6 is 0 Å². The van der Waals surface area contributed by atoms with Gasteiger partial charge in [-0.05, 0) is 42.3 Å². The van der Waals surface area contributed by atoms with E-state index in [1.165, 1.54) is 42.5 Å². The molecule has 0 aromatic heterocycles. The molecule has 332 valence electrons. The monoisotopic (exact) mass is 883 g/mol. The van der Waals surface area contributed by atoms with Crippen LogP contribution in [0.25, 0.3) is 33.4 Å². The van der Waals surface area contributed by atoms with Crippen molar-refractivity contribution in [3.05, 3.63) is 59.5 Å². The molecule has 0 saturated carbocycles. The van der Waals surface area contributed by atoms with E-state index in [0.29, 0.717) is 79.3 Å². The standard InChI is InChI=1S/C39H53N3O16S2/c1-2-12-50-14-16-52-18-20-54-22-24-56-26-27-57-25-23-55-21-19-53-17-15-51-13-11-42-59(45,46)37-32(40)9-7-30-34(28-5-3-4-6-29(28)39(43)44)31-8-10-33(41)38(60(47,48)49)36(31)58-35(30)37/h3-10,40,42H,2,11-27,41H2,1H3,(H,43,44)(H,47,48,49). The Hall–Kier alpha value is -4.10. The Morgan fingerprint density at radius 3 is 1.63 bits per heavy atom. The third-order valence-corrected chi connectivity index (χ3v) is 10.9. The van der Waals surface area contributed by atoms with Crippen LogP contribution in [0, 0.1) is 5.41 Å². The van der Waals surface area contributed by atoms with Gasteiger partial charge in [-0.25, -0.2) is 17.9 Å². The van der Waals surface area contributed by atoms with Gasteiger partial charge in [0.25, 0.3) is 10.1 Å². The van der Waals surface area contributed by atoms with E-state index >= 15 is 0 Å². The van der Waals surface area contributed by atoms with Gasteiger partial charge in [-0.2, -0.15) is 8.42 Å². The summed E-state index contributed by atoms with van der Waals surface area (Å²) in [4.78, 5) is 10.7. The Morgan fingerprint density at radius 2 is 1.15 bits per heavy atom. The minimum Gasteiger partial charge on any atom is -0.478 e. The number of carbonyl (C=O) groups is 1. The third-order valence-electron chi connectivity index (χ3n) is 8.44. The van der Waals surface area contributed by atoms with Gasteiger partial charge in [0.15, 0.2) is 21.1 Å². The average Bonchev–Trinajstić information content (AvgIpc) is 3.20. The quantitative estimate of drug-likeness (QED) is 0.0210. The van der Waals surface area contributed by atoms with E-state index in [9.17, 15) is 31.3 Å². The molecule has 2 aliphatic rings. The van der Waals surface area contributed by atoms with Crippen molar-refractivity contribution in [3.63, 3.8) is 0 Å². The molecule has 4 rings (SSSR count). The number of benzene rings is 3. The van der Waals surface area contributed by atoms with Crippen molar-refractivity contribution in [3.8, 4) is 22.5 Å². The lowest BCUT2D eigenvalue weighted by atomic mass is 9.90. The fourth-order valence-corrected chi connectivity index (χ4v) is 7.80. The summed E-state index contributed by atoms with van der Waals surface area (Å²) in [6.45, 7) is 8.17. The van der Waals surface area contributed by atoms with Crippen LogP contribution in [0.1, 0.15) is 23.7 Å². The van der Waals surface area contributed by atoms with Gasteiger partial charge < -0.3 is 53.2 Å². The second kappa shape index (κ2) is 25.0. The summed E-state index contributed by atoms with van der Waals surface area (Å²) in [6, 6.07) is 10.9. The van der Waals surface area contributed by atoms with Crippen LogP contribution in [0.15, 0.2) is 62.7 Å². The highest BCUT2D eigenvalue weighted by Gasteiger charge is 2.32. The highest BCUT2D eigenvalue weighted by Crippen LogP contribution is 2.45. The first-order valence-electron chi connectivity index (χ1n) is 19.2. The summed E-state index contributed by atoms with van der Waals surface area (Å²) in [7, 11) is -9.60. The number of aromatic carboxylic acids is 1. The van der Waals surface area contributed by atoms with E-state index in [1.807, 2.05) is 0 Å². The first-order chi connectivity index (χ1) is 28.9. The van der Waals surface area contributed by atoms with Gasteiger partial charge in [0.05, 0.1) is 116 Å². The van der Waals surface area contributed by atoms with Gasteiger partial charge in [-0.1, -0.05) is 25.1 Å². The van der Waals surface area contributed by atoms with Crippen molar-refractivity contribution in [2.24, 2.45) is 0 Å². The molecule has 0 unspecified atom stereocenters. The zero-order chi connectivity index (χ0) is 43.4. The van der Waals surface area contributed by atoms with Crippen LogP contribution in [-0.4, -0.2) is 145 Å². The van der Waals surface area contributed by atoms with Gasteiger partial charge in [0.1, 0.15) is 0 Å². The molecule has 1 aliphatic heterocycles. The van der Waals surface area contributed by atoms with Gasteiger partial charge in [0.2, 0.25) is 10.0 Å². The number of sulfonamides is 1. The lowest BCUT2D eigenvalue weighted by Crippen LogP contribution is -2.32. The lowest BCUT2D eigenvalue weighted by molar-refractivity contribution is -0.0229. The van der Waals surface area contributed by atoms with Crippen LogP contribution < -0.4 is 15.8 Å². The summed E-state index contributed by atoms with van der Waals surface area (Å²) in [6.07, 6.45) is 0.989. The molecule has 0 saturated heterocycles. The summed E-state index contributed by atoms with van der Waals surface area (Å²) < 4.78 is 114. The van der Waals surface area contributed by atoms with Crippen LogP contribution in [0.4, 0.5) is 5.69 Å². The van der Waals surface area contributed by atoms with Gasteiger partial charge in [-0.15, -0.1) is 0 Å². The molecule has 0 amide bonds. The number of nitrogens with one attached hydrogen (secondary N) is 2. The van der Waals surface area contributed by atoms with Gasteiger partial charge in [-0.3, -0.25) is 9.96 Å². The Kier molecular flexibility index (Phi) is 20.2. The minimum absolute atomic E-state index is 0.0146. The van der Waals surface area contributed by atoms with E-state index < -0.39 is 58.3 Å². The number of rotatable bonds is 31. The molecule has 0 atom stereocenters. The number of nitrogen functional groups attached to an aromatic ring is 1. The number of carboxylic acid groups (broad SMARTS) is 1. The Morgan fingerprint density at radius 1 is 0.667 bits per heavy atom. The second-order valence-corrected chi connectivity index (χ2v) is 15.8. The summed E-state index contributed by atoms with van der Waals surface area (Å²) in [5, 5.41) is 18.0. The fraction of sp³-hybridized carbons (Fsp3) is 0.487. The number of nitrogens with two attached hydrogens (primary N) is 1. The van der Waals surface area contributed by atoms with Crippen molar-refractivity contribution >= 4 is 42.8 Å². The molecule has 60 heavy (non-hydrogen) atoms. The Balaban J connectivity index is 1.19. The maximum absolute atomic E-state index is 13.7. The highest BCUT2D eigenvalue weighted by molar-refractivity contribution is 7.89. The van der Waals surface area contributed by atoms with Crippen molar-refractivity contribution in [2.75, 3.05) is 118 Å². The number of carboxylic acids is 1. The van der Waals surface area contributed by atoms with Crippen molar-refractivity contribution in [1.82, 2.24) is 4.72 Å². The smallest absolute Gasteiger partial charge is 0.336 e. The van der Waals surface area contributed by atoms with Gasteiger partial charge in [0, 0.05) is 29.7 Å².